The van der Waals surface area contributed by atoms with Crippen LogP contribution in [0.25, 0.3) is 0 Å². The van der Waals surface area contributed by atoms with Crippen LogP contribution >= 0.6 is 0 Å². The van der Waals surface area contributed by atoms with Gasteiger partial charge in [0, 0.05) is 38.0 Å². The van der Waals surface area contributed by atoms with Crippen molar-refractivity contribution in [2.24, 2.45) is 5.10 Å². The summed E-state index contributed by atoms with van der Waals surface area (Å²) in [6, 6.07) is 7.65. The number of esters is 2. The van der Waals surface area contributed by atoms with Crippen LogP contribution in [0.4, 0.5) is 5.69 Å². The second-order valence-corrected chi connectivity index (χ2v) is 9.68. The van der Waals surface area contributed by atoms with Crippen molar-refractivity contribution in [1.82, 2.24) is 0 Å². The van der Waals surface area contributed by atoms with Gasteiger partial charge in [0.15, 0.2) is 17.2 Å². The molecule has 1 aliphatic heterocycles. The maximum atomic E-state index is 12.7. The third-order valence-electron chi connectivity index (χ3n) is 6.33. The van der Waals surface area contributed by atoms with Crippen LogP contribution in [0.15, 0.2) is 35.4 Å². The highest BCUT2D eigenvalue weighted by atomic mass is 16.6. The molecule has 2 aromatic carbocycles. The Hall–Kier alpha value is -3.88. The number of aromatic hydroxyl groups is 1. The number of anilines is 1. The topological polar surface area (TPSA) is 115 Å². The molecule has 0 saturated carbocycles. The first-order valence-corrected chi connectivity index (χ1v) is 13.6. The molecule has 0 spiro atoms. The summed E-state index contributed by atoms with van der Waals surface area (Å²) in [5.74, 6) is -0.950. The Labute approximate surface area is 229 Å². The number of phenolic OH excluding ortho intramolecular Hbond substituents is 1. The third kappa shape index (κ3) is 8.30. The van der Waals surface area contributed by atoms with Crippen molar-refractivity contribution in [3.63, 3.8) is 0 Å². The van der Waals surface area contributed by atoms with Gasteiger partial charge < -0.3 is 19.3 Å². The second kappa shape index (κ2) is 14.3. The average molecular weight is 539 g/mol. The van der Waals surface area contributed by atoms with Crippen LogP contribution in [0.1, 0.15) is 96.6 Å². The van der Waals surface area contributed by atoms with Gasteiger partial charge in [-0.1, -0.05) is 58.3 Å². The minimum Gasteiger partial charge on any atom is -0.508 e. The van der Waals surface area contributed by atoms with Gasteiger partial charge in [-0.25, -0.2) is 0 Å². The van der Waals surface area contributed by atoms with Crippen molar-refractivity contribution in [2.45, 2.75) is 91.9 Å². The number of carbonyl (C=O) groups is 3. The number of ether oxygens (including phenoxy) is 3. The van der Waals surface area contributed by atoms with E-state index >= 15 is 0 Å². The van der Waals surface area contributed by atoms with Crippen LogP contribution < -0.4 is 19.2 Å². The van der Waals surface area contributed by atoms with Gasteiger partial charge in [0.2, 0.25) is 11.8 Å². The van der Waals surface area contributed by atoms with E-state index in [1.54, 1.807) is 12.1 Å². The lowest BCUT2D eigenvalue weighted by Crippen LogP contribution is -2.31. The van der Waals surface area contributed by atoms with Crippen LogP contribution in [0.2, 0.25) is 0 Å². The number of amides is 1. The lowest BCUT2D eigenvalue weighted by atomic mass is 10.0. The Bertz CT molecular complexity index is 1200. The molecular formula is C30H38N2O7. The zero-order valence-corrected chi connectivity index (χ0v) is 23.2. The zero-order valence-electron chi connectivity index (χ0n) is 23.2. The normalized spacial score (nSPS) is 12.3. The minimum atomic E-state index is -0.600. The molecule has 1 amide bonds. The number of hydrogen-bond donors (Lipinski definition) is 1. The first-order chi connectivity index (χ1) is 18.7. The van der Waals surface area contributed by atoms with E-state index in [2.05, 4.69) is 12.0 Å². The molecule has 0 aromatic heterocycles. The van der Waals surface area contributed by atoms with Crippen molar-refractivity contribution >= 4 is 29.4 Å². The maximum absolute atomic E-state index is 12.7. The Kier molecular flexibility index (Phi) is 10.9. The van der Waals surface area contributed by atoms with E-state index in [1.807, 2.05) is 0 Å². The predicted octanol–water partition coefficient (Wildman–Crippen LogP) is 6.42. The van der Waals surface area contributed by atoms with Gasteiger partial charge in [-0.05, 0) is 37.1 Å². The summed E-state index contributed by atoms with van der Waals surface area (Å²) < 4.78 is 17.2. The number of phenols is 1. The third-order valence-corrected chi connectivity index (χ3v) is 6.33. The van der Waals surface area contributed by atoms with Crippen molar-refractivity contribution < 1.29 is 33.7 Å². The Morgan fingerprint density at radius 1 is 0.872 bits per heavy atom. The minimum absolute atomic E-state index is 0.0144. The van der Waals surface area contributed by atoms with Crippen LogP contribution in [0.3, 0.4) is 0 Å². The fourth-order valence-corrected chi connectivity index (χ4v) is 4.48. The molecule has 0 aliphatic carbocycles. The Morgan fingerprint density at radius 3 is 2.03 bits per heavy atom. The van der Waals surface area contributed by atoms with Crippen LogP contribution in [-0.2, 0) is 20.8 Å². The average Bonchev–Trinajstić information content (AvgIpc) is 2.88. The van der Waals surface area contributed by atoms with Crippen molar-refractivity contribution in [2.75, 3.05) is 5.01 Å². The summed E-state index contributed by atoms with van der Waals surface area (Å²) in [5, 5.41) is 15.2. The van der Waals surface area contributed by atoms with E-state index in [-0.39, 0.29) is 34.7 Å². The molecule has 0 bridgehead atoms. The predicted molar refractivity (Wildman–Crippen MR) is 148 cm³/mol. The largest absolute Gasteiger partial charge is 0.508 e. The molecular weight excluding hydrogens is 500 g/mol. The van der Waals surface area contributed by atoms with E-state index in [0.29, 0.717) is 23.3 Å². The van der Waals surface area contributed by atoms with Crippen molar-refractivity contribution in [3.8, 4) is 23.0 Å². The van der Waals surface area contributed by atoms with Crippen LogP contribution in [-0.4, -0.2) is 28.9 Å². The van der Waals surface area contributed by atoms with Gasteiger partial charge >= 0.3 is 11.9 Å². The number of hydrazone groups is 1. The molecule has 1 heterocycles. The zero-order chi connectivity index (χ0) is 28.4. The number of hydrogen-bond acceptors (Lipinski definition) is 8. The summed E-state index contributed by atoms with van der Waals surface area (Å²) in [4.78, 5) is 36.6. The first kappa shape index (κ1) is 29.7. The summed E-state index contributed by atoms with van der Waals surface area (Å²) in [6.07, 6.45) is 10.6. The highest BCUT2D eigenvalue weighted by Gasteiger charge is 2.32. The molecule has 0 saturated heterocycles. The van der Waals surface area contributed by atoms with E-state index < -0.39 is 11.9 Å². The number of fused-ring (bicyclic) bond motifs is 1. The Balaban J connectivity index is 1.96. The van der Waals surface area contributed by atoms with Crippen molar-refractivity contribution in [3.05, 3.63) is 41.5 Å². The number of nitrogens with zero attached hydrogens (tertiary/aromatic N) is 2. The Morgan fingerprint density at radius 2 is 1.46 bits per heavy atom. The fourth-order valence-electron chi connectivity index (χ4n) is 4.48. The maximum Gasteiger partial charge on any atom is 0.308 e. The molecule has 0 unspecified atom stereocenters. The summed E-state index contributed by atoms with van der Waals surface area (Å²) >= 11 is 0. The molecule has 9 heteroatoms. The quantitative estimate of drug-likeness (QED) is 0.178. The number of rotatable bonds is 13. The molecule has 1 aliphatic rings. The SMILES string of the molecule is CCCCCCCCCCCc1c(OC(C)=O)c(OC(C)=O)cc2c1OC(c1ccc(O)cc1)=NN2C(C)=O. The fraction of sp³-hybridized carbons (Fsp3) is 0.467. The number of unbranched alkanes of at least 4 members (excludes halogenated alkanes) is 8. The van der Waals surface area contributed by atoms with Crippen LogP contribution in [0.5, 0.6) is 23.0 Å². The monoisotopic (exact) mass is 538 g/mol. The molecule has 9 nitrogen and oxygen atoms in total. The summed E-state index contributed by atoms with van der Waals surface area (Å²) in [5.41, 5.74) is 1.33. The van der Waals surface area contributed by atoms with E-state index in [4.69, 9.17) is 14.2 Å². The standard InChI is InChI=1S/C30H38N2O7/c1-5-6-7-8-9-10-11-12-13-14-25-28-26(19-27(37-21(3)34)29(25)38-22(4)35)32(20(2)33)31-30(39-28)23-15-17-24(36)18-16-23/h15-19,36H,5-14H2,1-4H3. The highest BCUT2D eigenvalue weighted by molar-refractivity contribution is 6.04. The van der Waals surface area contributed by atoms with Gasteiger partial charge in [-0.2, -0.15) is 5.01 Å². The molecule has 3 rings (SSSR count). The highest BCUT2D eigenvalue weighted by Crippen LogP contribution is 2.48. The number of carbonyl (C=O) groups excluding carboxylic acids is 3. The van der Waals surface area contributed by atoms with Gasteiger partial charge in [0.25, 0.3) is 0 Å². The van der Waals surface area contributed by atoms with Crippen molar-refractivity contribution in [1.29, 1.82) is 0 Å². The molecule has 39 heavy (non-hydrogen) atoms. The molecule has 0 atom stereocenters. The summed E-state index contributed by atoms with van der Waals surface area (Å²) in [6.45, 7) is 6.08. The van der Waals surface area contributed by atoms with Gasteiger partial charge in [0.1, 0.15) is 11.4 Å². The van der Waals surface area contributed by atoms with E-state index in [1.165, 1.54) is 76.1 Å². The van der Waals surface area contributed by atoms with Gasteiger partial charge in [0.05, 0.1) is 0 Å². The molecule has 0 fully saturated rings. The van der Waals surface area contributed by atoms with E-state index in [0.717, 1.165) is 25.7 Å². The van der Waals surface area contributed by atoms with E-state index in [9.17, 15) is 19.5 Å². The summed E-state index contributed by atoms with van der Waals surface area (Å²) in [7, 11) is 0. The lowest BCUT2D eigenvalue weighted by molar-refractivity contribution is -0.134. The smallest absolute Gasteiger partial charge is 0.308 e. The van der Waals surface area contributed by atoms with Crippen LogP contribution in [0, 0.1) is 0 Å². The molecule has 0 radical (unpaired) electrons. The number of benzene rings is 2. The lowest BCUT2D eigenvalue weighted by Gasteiger charge is -2.29. The first-order valence-electron chi connectivity index (χ1n) is 13.6. The van der Waals surface area contributed by atoms with Gasteiger partial charge in [-0.3, -0.25) is 14.4 Å². The molecule has 2 aromatic rings. The molecule has 1 N–H and O–H groups in total. The molecule has 210 valence electrons. The van der Waals surface area contributed by atoms with Gasteiger partial charge in [-0.15, -0.1) is 5.10 Å². The second-order valence-electron chi connectivity index (χ2n) is 9.68.